The van der Waals surface area contributed by atoms with E-state index < -0.39 is 5.97 Å². The lowest BCUT2D eigenvalue weighted by Crippen LogP contribution is -2.02. The van der Waals surface area contributed by atoms with Crippen molar-refractivity contribution < 1.29 is 14.7 Å². The Morgan fingerprint density at radius 2 is 2.25 bits per heavy atom. The first-order valence-corrected chi connectivity index (χ1v) is 4.94. The predicted molar refractivity (Wildman–Crippen MR) is 60.4 cm³/mol. The number of aliphatic carboxylic acids is 1. The molecule has 82 valence electrons. The van der Waals surface area contributed by atoms with Gasteiger partial charge in [-0.05, 0) is 23.8 Å². The van der Waals surface area contributed by atoms with Gasteiger partial charge in [-0.2, -0.15) is 0 Å². The summed E-state index contributed by atoms with van der Waals surface area (Å²) >= 11 is 5.76. The lowest BCUT2D eigenvalue weighted by Gasteiger charge is -2.01. The Labute approximate surface area is 98.0 Å². The van der Waals surface area contributed by atoms with Gasteiger partial charge in [-0.15, -0.1) is 0 Å². The summed E-state index contributed by atoms with van der Waals surface area (Å²) in [5.41, 5.74) is 1.15. The van der Waals surface area contributed by atoms with Gasteiger partial charge in [0.05, 0.1) is 12.8 Å². The van der Waals surface area contributed by atoms with Crippen LogP contribution in [0.3, 0.4) is 0 Å². The van der Waals surface area contributed by atoms with Crippen LogP contribution in [0.5, 0.6) is 0 Å². The summed E-state index contributed by atoms with van der Waals surface area (Å²) in [6.07, 6.45) is 0.695. The number of hydrogen-bond donors (Lipinski definition) is 1. The number of benzene rings is 1. The van der Waals surface area contributed by atoms with Crippen molar-refractivity contribution in [2.24, 2.45) is 0 Å². The minimum Gasteiger partial charge on any atom is -0.481 e. The molecule has 3 nitrogen and oxygen atoms in total. The van der Waals surface area contributed by atoms with Gasteiger partial charge in [-0.1, -0.05) is 23.4 Å². The number of carbonyl (C=O) groups is 2. The molecule has 1 rings (SSSR count). The molecule has 0 unspecified atom stereocenters. The maximum atomic E-state index is 10.6. The van der Waals surface area contributed by atoms with Crippen molar-refractivity contribution in [3.05, 3.63) is 34.3 Å². The molecule has 0 spiro atoms. The van der Waals surface area contributed by atoms with Crippen molar-refractivity contribution in [1.29, 1.82) is 0 Å². The molecule has 1 aromatic carbocycles. The Balaban J connectivity index is 3.03. The van der Waals surface area contributed by atoms with Crippen molar-refractivity contribution in [2.75, 3.05) is 0 Å². The van der Waals surface area contributed by atoms with E-state index in [2.05, 4.69) is 11.8 Å². The van der Waals surface area contributed by atoms with E-state index in [-0.39, 0.29) is 12.8 Å². The van der Waals surface area contributed by atoms with E-state index in [1.165, 1.54) is 0 Å². The molecule has 0 aromatic heterocycles. The summed E-state index contributed by atoms with van der Waals surface area (Å²) in [5.74, 6) is 4.43. The topological polar surface area (TPSA) is 54.4 Å². The molecule has 16 heavy (non-hydrogen) atoms. The summed E-state index contributed by atoms with van der Waals surface area (Å²) in [6, 6.07) is 4.86. The standard InChI is InChI=1S/C12H9ClO3/c13-11-5-4-9(3-1-2-6-14)10(7-11)8-12(15)16/h4-7H,2,8H2,(H,15,16). The summed E-state index contributed by atoms with van der Waals surface area (Å²) in [4.78, 5) is 20.7. The highest BCUT2D eigenvalue weighted by atomic mass is 35.5. The van der Waals surface area contributed by atoms with Crippen LogP contribution < -0.4 is 0 Å². The van der Waals surface area contributed by atoms with Crippen LogP contribution in [0.1, 0.15) is 17.5 Å². The molecule has 1 aromatic rings. The zero-order valence-corrected chi connectivity index (χ0v) is 9.12. The van der Waals surface area contributed by atoms with Crippen molar-refractivity contribution >= 4 is 23.9 Å². The first-order chi connectivity index (χ1) is 7.63. The largest absolute Gasteiger partial charge is 0.481 e. The number of carboxylic acids is 1. The van der Waals surface area contributed by atoms with Gasteiger partial charge >= 0.3 is 5.97 Å². The van der Waals surface area contributed by atoms with Crippen LogP contribution in [0.2, 0.25) is 5.02 Å². The summed E-state index contributed by atoms with van der Waals surface area (Å²) in [7, 11) is 0. The minimum atomic E-state index is -0.944. The lowest BCUT2D eigenvalue weighted by molar-refractivity contribution is -0.136. The molecule has 0 amide bonds. The molecule has 0 saturated heterocycles. The average molecular weight is 237 g/mol. The van der Waals surface area contributed by atoms with E-state index in [1.807, 2.05) is 0 Å². The summed E-state index contributed by atoms with van der Waals surface area (Å²) in [6.45, 7) is 0. The molecular weight excluding hydrogens is 228 g/mol. The quantitative estimate of drug-likeness (QED) is 0.644. The number of hydrogen-bond acceptors (Lipinski definition) is 2. The number of halogens is 1. The molecule has 0 radical (unpaired) electrons. The highest BCUT2D eigenvalue weighted by molar-refractivity contribution is 6.30. The van der Waals surface area contributed by atoms with Gasteiger partial charge in [0.25, 0.3) is 0 Å². The van der Waals surface area contributed by atoms with Gasteiger partial charge in [0.15, 0.2) is 0 Å². The Hall–Kier alpha value is -1.79. The monoisotopic (exact) mass is 236 g/mol. The number of carboxylic acid groups (broad SMARTS) is 1. The highest BCUT2D eigenvalue weighted by Gasteiger charge is 2.05. The van der Waals surface area contributed by atoms with Crippen LogP contribution in [0.4, 0.5) is 0 Å². The average Bonchev–Trinajstić information content (AvgIpc) is 2.20. The van der Waals surface area contributed by atoms with Gasteiger partial charge in [0, 0.05) is 10.6 Å². The van der Waals surface area contributed by atoms with Crippen LogP contribution in [0.25, 0.3) is 0 Å². The Kier molecular flexibility index (Phi) is 4.56. The molecule has 1 N–H and O–H groups in total. The molecule has 0 fully saturated rings. The van der Waals surface area contributed by atoms with Gasteiger partial charge in [-0.25, -0.2) is 0 Å². The molecule has 0 bridgehead atoms. The second-order valence-corrected chi connectivity index (χ2v) is 3.48. The highest BCUT2D eigenvalue weighted by Crippen LogP contribution is 2.16. The van der Waals surface area contributed by atoms with Crippen molar-refractivity contribution in [3.8, 4) is 11.8 Å². The first-order valence-electron chi connectivity index (χ1n) is 4.56. The molecular formula is C12H9ClO3. The fraction of sp³-hybridized carbons (Fsp3) is 0.167. The van der Waals surface area contributed by atoms with Gasteiger partial charge in [0.2, 0.25) is 0 Å². The Morgan fingerprint density at radius 3 is 2.88 bits per heavy atom. The molecule has 4 heteroatoms. The fourth-order valence-electron chi connectivity index (χ4n) is 1.18. The molecule has 0 heterocycles. The molecule has 0 atom stereocenters. The summed E-state index contributed by atoms with van der Waals surface area (Å²) < 4.78 is 0. The molecule has 0 aliphatic carbocycles. The van der Waals surface area contributed by atoms with Crippen molar-refractivity contribution in [2.45, 2.75) is 12.8 Å². The van der Waals surface area contributed by atoms with E-state index in [1.54, 1.807) is 18.2 Å². The van der Waals surface area contributed by atoms with E-state index in [0.717, 1.165) is 0 Å². The van der Waals surface area contributed by atoms with Crippen LogP contribution in [0, 0.1) is 11.8 Å². The predicted octanol–water partition coefficient (Wildman–Crippen LogP) is 1.91. The molecule has 0 aliphatic rings. The number of aldehydes is 1. The zero-order valence-electron chi connectivity index (χ0n) is 8.37. The minimum absolute atomic E-state index is 0.133. The van der Waals surface area contributed by atoms with Gasteiger partial charge in [-0.3, -0.25) is 4.79 Å². The Morgan fingerprint density at radius 1 is 1.50 bits per heavy atom. The van der Waals surface area contributed by atoms with Gasteiger partial charge in [0.1, 0.15) is 6.29 Å². The summed E-state index contributed by atoms with van der Waals surface area (Å²) in [5, 5.41) is 9.18. The number of rotatable bonds is 3. The van der Waals surface area contributed by atoms with Crippen LogP contribution in [-0.2, 0) is 16.0 Å². The molecule has 0 aliphatic heterocycles. The third-order valence-electron chi connectivity index (χ3n) is 1.82. The van der Waals surface area contributed by atoms with E-state index in [9.17, 15) is 9.59 Å². The van der Waals surface area contributed by atoms with Crippen LogP contribution in [0.15, 0.2) is 18.2 Å². The normalized spacial score (nSPS) is 9.06. The van der Waals surface area contributed by atoms with Crippen molar-refractivity contribution in [3.63, 3.8) is 0 Å². The van der Waals surface area contributed by atoms with E-state index in [4.69, 9.17) is 16.7 Å². The molecule has 0 saturated carbocycles. The third-order valence-corrected chi connectivity index (χ3v) is 2.05. The van der Waals surface area contributed by atoms with Crippen LogP contribution >= 0.6 is 11.6 Å². The Bertz CT molecular complexity index is 469. The second kappa shape index (κ2) is 5.94. The fourth-order valence-corrected chi connectivity index (χ4v) is 1.38. The SMILES string of the molecule is O=CCC#Cc1ccc(Cl)cc1CC(=O)O. The second-order valence-electron chi connectivity index (χ2n) is 3.04. The lowest BCUT2D eigenvalue weighted by atomic mass is 10.0. The maximum absolute atomic E-state index is 10.6. The smallest absolute Gasteiger partial charge is 0.307 e. The van der Waals surface area contributed by atoms with Gasteiger partial charge < -0.3 is 9.90 Å². The third kappa shape index (κ3) is 3.76. The first kappa shape index (κ1) is 12.3. The number of carbonyl (C=O) groups excluding carboxylic acids is 1. The van der Waals surface area contributed by atoms with E-state index in [0.29, 0.717) is 22.4 Å². The maximum Gasteiger partial charge on any atom is 0.307 e. The van der Waals surface area contributed by atoms with Crippen LogP contribution in [-0.4, -0.2) is 17.4 Å². The zero-order chi connectivity index (χ0) is 12.0. The van der Waals surface area contributed by atoms with Crippen molar-refractivity contribution in [1.82, 2.24) is 0 Å². The van der Waals surface area contributed by atoms with E-state index >= 15 is 0 Å².